The van der Waals surface area contributed by atoms with Crippen molar-refractivity contribution in [3.05, 3.63) is 100 Å². The van der Waals surface area contributed by atoms with Gasteiger partial charge in [0.05, 0.1) is 26.9 Å². The van der Waals surface area contributed by atoms with Gasteiger partial charge in [-0.25, -0.2) is 4.79 Å². The van der Waals surface area contributed by atoms with Crippen molar-refractivity contribution in [3.8, 4) is 5.75 Å². The standard InChI is InChI=1S/C30H35NO7/c1-3-4-8-11-31-29(36)38-30(28(35)24-9-6-5-7-10-24,25-13-21(18-32)12-22(14-25)19-33)26-15-23(20-34)16-27(17-26)37-2/h5-7,9-10,12-17,32-34H,3-4,8,11,18-20H2,1-2H3,(H,31,36). The summed E-state index contributed by atoms with van der Waals surface area (Å²) in [6.45, 7) is 1.35. The van der Waals surface area contributed by atoms with Gasteiger partial charge in [-0.2, -0.15) is 0 Å². The highest BCUT2D eigenvalue weighted by Gasteiger charge is 2.47. The fraction of sp³-hybridized carbons (Fsp3) is 0.333. The zero-order valence-corrected chi connectivity index (χ0v) is 21.8. The van der Waals surface area contributed by atoms with E-state index >= 15 is 0 Å². The Morgan fingerprint density at radius 1 is 0.816 bits per heavy atom. The van der Waals surface area contributed by atoms with Crippen LogP contribution in [0.1, 0.15) is 64.4 Å². The Hall–Kier alpha value is -3.72. The van der Waals surface area contributed by atoms with Crippen LogP contribution in [0.5, 0.6) is 5.75 Å². The molecule has 4 N–H and O–H groups in total. The van der Waals surface area contributed by atoms with Crippen molar-refractivity contribution in [1.82, 2.24) is 5.32 Å². The number of methoxy groups -OCH3 is 1. The monoisotopic (exact) mass is 521 g/mol. The number of amides is 1. The van der Waals surface area contributed by atoms with Gasteiger partial charge in [0.1, 0.15) is 5.75 Å². The number of hydrogen-bond donors (Lipinski definition) is 4. The molecule has 0 spiro atoms. The maximum absolute atomic E-state index is 14.4. The fourth-order valence-electron chi connectivity index (χ4n) is 4.35. The smallest absolute Gasteiger partial charge is 0.408 e. The second-order valence-electron chi connectivity index (χ2n) is 8.98. The molecule has 0 fully saturated rings. The zero-order valence-electron chi connectivity index (χ0n) is 21.8. The quantitative estimate of drug-likeness (QED) is 0.196. The molecule has 0 radical (unpaired) electrons. The molecule has 0 bridgehead atoms. The lowest BCUT2D eigenvalue weighted by atomic mass is 9.78. The number of Topliss-reactive ketones (excluding diaryl/α,β-unsaturated/α-hetero) is 1. The van der Waals surface area contributed by atoms with Crippen molar-refractivity contribution in [3.63, 3.8) is 0 Å². The first-order valence-corrected chi connectivity index (χ1v) is 12.6. The number of rotatable bonds is 13. The second-order valence-corrected chi connectivity index (χ2v) is 8.98. The summed E-state index contributed by atoms with van der Waals surface area (Å²) in [7, 11) is 1.46. The molecule has 3 rings (SSSR count). The lowest BCUT2D eigenvalue weighted by Crippen LogP contribution is -2.45. The Bertz CT molecular complexity index is 1130. The average molecular weight is 522 g/mol. The highest BCUT2D eigenvalue weighted by atomic mass is 16.6. The van der Waals surface area contributed by atoms with Crippen LogP contribution in [0.3, 0.4) is 0 Å². The van der Waals surface area contributed by atoms with Crippen molar-refractivity contribution in [2.24, 2.45) is 0 Å². The normalized spacial score (nSPS) is 12.4. The van der Waals surface area contributed by atoms with Crippen molar-refractivity contribution >= 4 is 11.9 Å². The SMILES string of the molecule is CCCCCNC(=O)OC(C(=O)c1ccccc1)(c1cc(CO)cc(CO)c1)c1cc(CO)cc(OC)c1. The van der Waals surface area contributed by atoms with Crippen LogP contribution < -0.4 is 10.1 Å². The number of benzene rings is 3. The summed E-state index contributed by atoms with van der Waals surface area (Å²) in [4.78, 5) is 27.7. The molecule has 1 unspecified atom stereocenters. The topological polar surface area (TPSA) is 125 Å². The van der Waals surface area contributed by atoms with Gasteiger partial charge in [-0.15, -0.1) is 0 Å². The molecular weight excluding hydrogens is 486 g/mol. The van der Waals surface area contributed by atoms with Gasteiger partial charge < -0.3 is 30.1 Å². The fourth-order valence-corrected chi connectivity index (χ4v) is 4.35. The summed E-state index contributed by atoms with van der Waals surface area (Å²) in [6.07, 6.45) is 1.83. The summed E-state index contributed by atoms with van der Waals surface area (Å²) in [5.41, 5.74) is 0.0177. The molecule has 3 aromatic carbocycles. The van der Waals surface area contributed by atoms with E-state index in [0.29, 0.717) is 29.0 Å². The molecule has 0 aromatic heterocycles. The van der Waals surface area contributed by atoms with Crippen LogP contribution in [0.4, 0.5) is 4.79 Å². The van der Waals surface area contributed by atoms with Gasteiger partial charge in [0, 0.05) is 23.2 Å². The van der Waals surface area contributed by atoms with E-state index in [1.54, 1.807) is 66.7 Å². The number of carbonyl (C=O) groups excluding carboxylic acids is 2. The number of nitrogens with one attached hydrogen (secondary N) is 1. The van der Waals surface area contributed by atoms with Gasteiger partial charge >= 0.3 is 6.09 Å². The van der Waals surface area contributed by atoms with E-state index in [1.807, 2.05) is 0 Å². The molecule has 8 nitrogen and oxygen atoms in total. The van der Waals surface area contributed by atoms with Crippen LogP contribution in [0.15, 0.2) is 66.7 Å². The van der Waals surface area contributed by atoms with Crippen molar-refractivity contribution < 1.29 is 34.4 Å². The molecule has 38 heavy (non-hydrogen) atoms. The van der Waals surface area contributed by atoms with Gasteiger partial charge in [-0.1, -0.05) is 56.2 Å². The third kappa shape index (κ3) is 6.58. The number of ether oxygens (including phenoxy) is 2. The van der Waals surface area contributed by atoms with Gasteiger partial charge in [0.25, 0.3) is 0 Å². The third-order valence-corrected chi connectivity index (χ3v) is 6.27. The Morgan fingerprint density at radius 3 is 1.95 bits per heavy atom. The number of aliphatic hydroxyl groups is 3. The summed E-state index contributed by atoms with van der Waals surface area (Å²) >= 11 is 0. The molecule has 0 saturated carbocycles. The van der Waals surface area contributed by atoms with Crippen LogP contribution in [-0.4, -0.2) is 40.9 Å². The molecule has 0 saturated heterocycles. The summed E-state index contributed by atoms with van der Waals surface area (Å²) in [5, 5.41) is 32.6. The molecule has 0 heterocycles. The highest BCUT2D eigenvalue weighted by molar-refractivity contribution is 6.06. The average Bonchev–Trinajstić information content (AvgIpc) is 2.97. The summed E-state index contributed by atoms with van der Waals surface area (Å²) < 4.78 is 11.5. The lowest BCUT2D eigenvalue weighted by Gasteiger charge is -2.34. The van der Waals surface area contributed by atoms with E-state index in [2.05, 4.69) is 12.2 Å². The highest BCUT2D eigenvalue weighted by Crippen LogP contribution is 2.40. The Morgan fingerprint density at radius 2 is 1.39 bits per heavy atom. The van der Waals surface area contributed by atoms with E-state index in [-0.39, 0.29) is 36.5 Å². The van der Waals surface area contributed by atoms with Crippen molar-refractivity contribution in [1.29, 1.82) is 0 Å². The molecule has 0 aliphatic rings. The zero-order chi connectivity index (χ0) is 27.5. The van der Waals surface area contributed by atoms with E-state index in [4.69, 9.17) is 9.47 Å². The Kier molecular flexibility index (Phi) is 10.4. The number of unbranched alkanes of at least 4 members (excludes halogenated alkanes) is 2. The van der Waals surface area contributed by atoms with Crippen LogP contribution in [0.2, 0.25) is 0 Å². The maximum Gasteiger partial charge on any atom is 0.408 e. The van der Waals surface area contributed by atoms with Crippen LogP contribution >= 0.6 is 0 Å². The molecule has 1 amide bonds. The molecule has 202 valence electrons. The number of aliphatic hydroxyl groups excluding tert-OH is 3. The first-order chi connectivity index (χ1) is 18.4. The van der Waals surface area contributed by atoms with E-state index in [1.165, 1.54) is 7.11 Å². The van der Waals surface area contributed by atoms with E-state index < -0.39 is 17.5 Å². The molecule has 3 aromatic rings. The minimum atomic E-state index is -2.04. The minimum absolute atomic E-state index is 0.239. The van der Waals surface area contributed by atoms with Gasteiger partial charge in [-0.05, 0) is 53.4 Å². The molecule has 1 atom stereocenters. The number of ketones is 1. The molecular formula is C30H35NO7. The van der Waals surface area contributed by atoms with Gasteiger partial charge in [0.15, 0.2) is 0 Å². The minimum Gasteiger partial charge on any atom is -0.497 e. The van der Waals surface area contributed by atoms with Crippen molar-refractivity contribution in [2.45, 2.75) is 51.6 Å². The van der Waals surface area contributed by atoms with Gasteiger partial charge in [0.2, 0.25) is 11.4 Å². The predicted octanol–water partition coefficient (Wildman–Crippen LogP) is 4.22. The maximum atomic E-state index is 14.4. The summed E-state index contributed by atoms with van der Waals surface area (Å²) in [5.74, 6) is -0.192. The van der Waals surface area contributed by atoms with Gasteiger partial charge in [-0.3, -0.25) is 4.79 Å². The lowest BCUT2D eigenvalue weighted by molar-refractivity contribution is 0.0314. The molecule has 0 aliphatic heterocycles. The first kappa shape index (κ1) is 28.8. The third-order valence-electron chi connectivity index (χ3n) is 6.27. The second kappa shape index (κ2) is 13.7. The van der Waals surface area contributed by atoms with E-state index in [0.717, 1.165) is 19.3 Å². The molecule has 8 heteroatoms. The summed E-state index contributed by atoms with van der Waals surface area (Å²) in [6, 6.07) is 18.0. The molecule has 0 aliphatic carbocycles. The first-order valence-electron chi connectivity index (χ1n) is 12.6. The Balaban J connectivity index is 2.33. The van der Waals surface area contributed by atoms with Crippen LogP contribution in [0, 0.1) is 0 Å². The van der Waals surface area contributed by atoms with Crippen LogP contribution in [0.25, 0.3) is 0 Å². The predicted molar refractivity (Wildman–Crippen MR) is 143 cm³/mol. The Labute approximate surface area is 222 Å². The van der Waals surface area contributed by atoms with Crippen LogP contribution in [-0.2, 0) is 30.2 Å². The largest absolute Gasteiger partial charge is 0.497 e. The van der Waals surface area contributed by atoms with Crippen molar-refractivity contribution in [2.75, 3.05) is 13.7 Å². The van der Waals surface area contributed by atoms with E-state index in [9.17, 15) is 24.9 Å². The number of carbonyl (C=O) groups is 2. The number of hydrogen-bond acceptors (Lipinski definition) is 7. The number of alkyl carbamates (subject to hydrolysis) is 1.